The molecule has 3 atom stereocenters. The van der Waals surface area contributed by atoms with Crippen molar-refractivity contribution >= 4 is 15.9 Å². The minimum Gasteiger partial charge on any atom is -0.0922 e. The molecule has 0 aromatic heterocycles. The van der Waals surface area contributed by atoms with Crippen LogP contribution >= 0.6 is 15.9 Å². The number of fused-ring (bicyclic) bond motifs is 2. The summed E-state index contributed by atoms with van der Waals surface area (Å²) in [6, 6.07) is 0. The Balaban J connectivity index is 1.62. The van der Waals surface area contributed by atoms with Crippen LogP contribution in [0.2, 0.25) is 0 Å². The number of hydrogen-bond acceptors (Lipinski definition) is 0. The van der Waals surface area contributed by atoms with E-state index in [0.29, 0.717) is 0 Å². The molecule has 0 aromatic rings. The molecular weight excluding hydrogens is 236 g/mol. The van der Waals surface area contributed by atoms with Crippen LogP contribution < -0.4 is 0 Å². The minimum absolute atomic E-state index is 0.745. The van der Waals surface area contributed by atoms with Crippen LogP contribution in [-0.4, -0.2) is 5.33 Å². The van der Waals surface area contributed by atoms with Crippen LogP contribution in [0.25, 0.3) is 0 Å². The SMILES string of the molecule is BrCC1(CC2CC3CCC2C3)CCC1. The average Bonchev–Trinajstić information content (AvgIpc) is 2.72. The molecule has 3 fully saturated rings. The molecule has 0 heterocycles. The van der Waals surface area contributed by atoms with Gasteiger partial charge in [-0.15, -0.1) is 0 Å². The van der Waals surface area contributed by atoms with Gasteiger partial charge in [-0.3, -0.25) is 0 Å². The predicted molar refractivity (Wildman–Crippen MR) is 63.6 cm³/mol. The van der Waals surface area contributed by atoms with E-state index in [-0.39, 0.29) is 0 Å². The second kappa shape index (κ2) is 3.50. The highest BCUT2D eigenvalue weighted by Crippen LogP contribution is 2.56. The molecule has 0 spiro atoms. The second-order valence-electron chi connectivity index (χ2n) is 6.13. The Morgan fingerprint density at radius 1 is 1.14 bits per heavy atom. The molecule has 80 valence electrons. The molecule has 3 unspecified atom stereocenters. The Bertz CT molecular complexity index is 214. The molecule has 0 saturated heterocycles. The Morgan fingerprint density at radius 3 is 2.43 bits per heavy atom. The summed E-state index contributed by atoms with van der Waals surface area (Å²) in [5.74, 6) is 3.39. The summed E-state index contributed by atoms with van der Waals surface area (Å²) in [7, 11) is 0. The van der Waals surface area contributed by atoms with Crippen LogP contribution in [0.4, 0.5) is 0 Å². The Hall–Kier alpha value is 0.480. The summed E-state index contributed by atoms with van der Waals surface area (Å²) in [6.07, 6.45) is 12.3. The number of hydrogen-bond donors (Lipinski definition) is 0. The zero-order chi connectivity index (χ0) is 9.60. The van der Waals surface area contributed by atoms with Crippen molar-refractivity contribution in [2.75, 3.05) is 5.33 Å². The van der Waals surface area contributed by atoms with Gasteiger partial charge >= 0.3 is 0 Å². The summed E-state index contributed by atoms with van der Waals surface area (Å²) in [5, 5.41) is 1.27. The van der Waals surface area contributed by atoms with Crippen molar-refractivity contribution in [2.24, 2.45) is 23.2 Å². The molecule has 0 radical (unpaired) electrons. The van der Waals surface area contributed by atoms with Crippen molar-refractivity contribution in [1.29, 1.82) is 0 Å². The topological polar surface area (TPSA) is 0 Å². The van der Waals surface area contributed by atoms with Gasteiger partial charge in [0.2, 0.25) is 0 Å². The largest absolute Gasteiger partial charge is 0.0922 e. The third-order valence-corrected chi connectivity index (χ3v) is 6.47. The summed E-state index contributed by atoms with van der Waals surface area (Å²) >= 11 is 3.74. The number of rotatable bonds is 3. The van der Waals surface area contributed by atoms with Crippen LogP contribution in [0.1, 0.15) is 51.4 Å². The summed E-state index contributed by atoms with van der Waals surface area (Å²) in [6.45, 7) is 0. The van der Waals surface area contributed by atoms with Gasteiger partial charge in [-0.25, -0.2) is 0 Å². The number of alkyl halides is 1. The van der Waals surface area contributed by atoms with E-state index < -0.39 is 0 Å². The van der Waals surface area contributed by atoms with E-state index in [1.807, 2.05) is 0 Å². The van der Waals surface area contributed by atoms with Gasteiger partial charge in [-0.05, 0) is 61.7 Å². The van der Waals surface area contributed by atoms with Crippen molar-refractivity contribution < 1.29 is 0 Å². The monoisotopic (exact) mass is 256 g/mol. The van der Waals surface area contributed by atoms with Crippen molar-refractivity contribution in [3.63, 3.8) is 0 Å². The molecule has 1 heteroatoms. The van der Waals surface area contributed by atoms with Gasteiger partial charge in [0.15, 0.2) is 0 Å². The standard InChI is InChI=1S/C13H21Br/c14-9-13(4-1-5-13)8-12-7-10-2-3-11(12)6-10/h10-12H,1-9H2. The highest BCUT2D eigenvalue weighted by atomic mass is 79.9. The Labute approximate surface area is 96.0 Å². The highest BCUT2D eigenvalue weighted by molar-refractivity contribution is 9.09. The van der Waals surface area contributed by atoms with Gasteiger partial charge in [-0.2, -0.15) is 0 Å². The summed E-state index contributed by atoms with van der Waals surface area (Å²) in [4.78, 5) is 0. The molecule has 0 amide bonds. The van der Waals surface area contributed by atoms with E-state index in [1.54, 1.807) is 32.1 Å². The fourth-order valence-corrected chi connectivity index (χ4v) is 5.04. The lowest BCUT2D eigenvalue weighted by Gasteiger charge is -2.44. The van der Waals surface area contributed by atoms with Crippen LogP contribution in [0, 0.1) is 23.2 Å². The molecule has 0 N–H and O–H groups in total. The first-order valence-corrected chi connectivity index (χ1v) is 7.49. The number of halogens is 1. The van der Waals surface area contributed by atoms with Crippen molar-refractivity contribution in [2.45, 2.75) is 51.4 Å². The van der Waals surface area contributed by atoms with Gasteiger partial charge in [0.1, 0.15) is 0 Å². The maximum atomic E-state index is 3.74. The fraction of sp³-hybridized carbons (Fsp3) is 1.00. The second-order valence-corrected chi connectivity index (χ2v) is 6.69. The molecule has 0 aromatic carbocycles. The molecule has 3 aliphatic rings. The van der Waals surface area contributed by atoms with E-state index in [1.165, 1.54) is 24.6 Å². The zero-order valence-electron chi connectivity index (χ0n) is 8.97. The van der Waals surface area contributed by atoms with Gasteiger partial charge in [0.05, 0.1) is 0 Å². The van der Waals surface area contributed by atoms with Crippen LogP contribution in [0.15, 0.2) is 0 Å². The van der Waals surface area contributed by atoms with Gasteiger partial charge < -0.3 is 0 Å². The van der Waals surface area contributed by atoms with Crippen LogP contribution in [0.3, 0.4) is 0 Å². The summed E-state index contributed by atoms with van der Waals surface area (Å²) in [5.41, 5.74) is 0.745. The lowest BCUT2D eigenvalue weighted by Crippen LogP contribution is -2.34. The maximum absolute atomic E-state index is 3.74. The molecule has 3 rings (SSSR count). The van der Waals surface area contributed by atoms with E-state index in [9.17, 15) is 0 Å². The van der Waals surface area contributed by atoms with E-state index >= 15 is 0 Å². The van der Waals surface area contributed by atoms with Gasteiger partial charge in [-0.1, -0.05) is 28.8 Å². The van der Waals surface area contributed by atoms with E-state index in [2.05, 4.69) is 15.9 Å². The first-order valence-electron chi connectivity index (χ1n) is 6.37. The predicted octanol–water partition coefficient (Wildman–Crippen LogP) is 4.38. The maximum Gasteiger partial charge on any atom is 0.00880 e. The Kier molecular flexibility index (Phi) is 2.42. The lowest BCUT2D eigenvalue weighted by molar-refractivity contribution is 0.104. The van der Waals surface area contributed by atoms with Crippen LogP contribution in [-0.2, 0) is 0 Å². The molecule has 0 aliphatic heterocycles. The van der Waals surface area contributed by atoms with Crippen molar-refractivity contribution in [3.05, 3.63) is 0 Å². The average molecular weight is 257 g/mol. The summed E-state index contributed by atoms with van der Waals surface area (Å²) < 4.78 is 0. The normalized spacial score (nSPS) is 43.9. The van der Waals surface area contributed by atoms with E-state index in [0.717, 1.165) is 23.2 Å². The third-order valence-electron chi connectivity index (χ3n) is 5.28. The molecule has 3 saturated carbocycles. The quantitative estimate of drug-likeness (QED) is 0.658. The highest BCUT2D eigenvalue weighted by Gasteiger charge is 2.45. The van der Waals surface area contributed by atoms with Crippen molar-refractivity contribution in [3.8, 4) is 0 Å². The smallest absolute Gasteiger partial charge is 0.00880 e. The fourth-order valence-electron chi connectivity index (χ4n) is 4.25. The van der Waals surface area contributed by atoms with Gasteiger partial charge in [0, 0.05) is 5.33 Å². The minimum atomic E-state index is 0.745. The van der Waals surface area contributed by atoms with Gasteiger partial charge in [0.25, 0.3) is 0 Å². The molecular formula is C13H21Br. The van der Waals surface area contributed by atoms with Crippen LogP contribution in [0.5, 0.6) is 0 Å². The van der Waals surface area contributed by atoms with E-state index in [4.69, 9.17) is 0 Å². The third kappa shape index (κ3) is 1.47. The molecule has 2 bridgehead atoms. The Morgan fingerprint density at radius 2 is 2.00 bits per heavy atom. The first-order chi connectivity index (χ1) is 6.81. The molecule has 0 nitrogen and oxygen atoms in total. The lowest BCUT2D eigenvalue weighted by atomic mass is 9.64. The molecule has 14 heavy (non-hydrogen) atoms. The van der Waals surface area contributed by atoms with Crippen molar-refractivity contribution in [1.82, 2.24) is 0 Å². The zero-order valence-corrected chi connectivity index (χ0v) is 10.6. The first kappa shape index (κ1) is 9.69. The molecule has 3 aliphatic carbocycles.